The Labute approximate surface area is 139 Å². The van der Waals surface area contributed by atoms with Crippen LogP contribution in [0.4, 0.5) is 0 Å². The molecule has 0 aliphatic carbocycles. The molecule has 0 spiro atoms. The zero-order valence-electron chi connectivity index (χ0n) is 12.4. The summed E-state index contributed by atoms with van der Waals surface area (Å²) in [6, 6.07) is 14.0. The smallest absolute Gasteiger partial charge is 0.240 e. The first kappa shape index (κ1) is 17.0. The van der Waals surface area contributed by atoms with E-state index in [1.165, 1.54) is 0 Å². The lowest BCUT2D eigenvalue weighted by molar-refractivity contribution is 0.414. The van der Waals surface area contributed by atoms with Crippen molar-refractivity contribution in [1.29, 1.82) is 0 Å². The molecule has 0 bridgehead atoms. The molecular weight excluding hydrogens is 366 g/mol. The molecular formula is C16H18BrNO3S. The van der Waals surface area contributed by atoms with Gasteiger partial charge in [-0.25, -0.2) is 13.1 Å². The van der Waals surface area contributed by atoms with Crippen LogP contribution in [0, 0.1) is 0 Å². The minimum absolute atomic E-state index is 0.222. The zero-order valence-corrected chi connectivity index (χ0v) is 14.8. The predicted molar refractivity (Wildman–Crippen MR) is 90.6 cm³/mol. The first-order chi connectivity index (χ1) is 10.4. The lowest BCUT2D eigenvalue weighted by atomic mass is 10.1. The molecule has 22 heavy (non-hydrogen) atoms. The second-order valence-electron chi connectivity index (χ2n) is 5.03. The number of rotatable bonds is 6. The molecule has 0 saturated heterocycles. The standard InChI is InChI=1S/C16H18BrNO3S/c1-12(10-13-4-3-5-15(11-13)21-2)18-22(19,20)16-8-6-14(17)7-9-16/h3-9,11-12,18H,10H2,1-2H3. The molecule has 1 unspecified atom stereocenters. The molecule has 6 heteroatoms. The van der Waals surface area contributed by atoms with Gasteiger partial charge in [-0.2, -0.15) is 0 Å². The van der Waals surface area contributed by atoms with Gasteiger partial charge in [0.1, 0.15) is 5.75 Å². The minimum Gasteiger partial charge on any atom is -0.497 e. The number of hydrogen-bond donors (Lipinski definition) is 1. The highest BCUT2D eigenvalue weighted by atomic mass is 79.9. The number of benzene rings is 2. The summed E-state index contributed by atoms with van der Waals surface area (Å²) in [4.78, 5) is 0.258. The average molecular weight is 384 g/mol. The maximum Gasteiger partial charge on any atom is 0.240 e. The summed E-state index contributed by atoms with van der Waals surface area (Å²) in [6.07, 6.45) is 0.590. The van der Waals surface area contributed by atoms with Crippen molar-refractivity contribution in [2.24, 2.45) is 0 Å². The van der Waals surface area contributed by atoms with Gasteiger partial charge in [0.25, 0.3) is 0 Å². The van der Waals surface area contributed by atoms with Crippen LogP contribution in [0.2, 0.25) is 0 Å². The van der Waals surface area contributed by atoms with E-state index in [-0.39, 0.29) is 10.9 Å². The van der Waals surface area contributed by atoms with Gasteiger partial charge in [0.05, 0.1) is 12.0 Å². The summed E-state index contributed by atoms with van der Waals surface area (Å²) in [5, 5.41) is 0. The van der Waals surface area contributed by atoms with E-state index in [9.17, 15) is 8.42 Å². The number of nitrogens with one attached hydrogen (secondary N) is 1. The zero-order chi connectivity index (χ0) is 16.2. The average Bonchev–Trinajstić information content (AvgIpc) is 2.47. The Morgan fingerprint density at radius 2 is 1.86 bits per heavy atom. The molecule has 2 aromatic carbocycles. The van der Waals surface area contributed by atoms with Crippen LogP contribution in [0.15, 0.2) is 57.9 Å². The van der Waals surface area contributed by atoms with Crippen LogP contribution < -0.4 is 9.46 Å². The SMILES string of the molecule is COc1cccc(CC(C)NS(=O)(=O)c2ccc(Br)cc2)c1. The van der Waals surface area contributed by atoms with Crippen LogP contribution in [0.5, 0.6) is 5.75 Å². The molecule has 0 fully saturated rings. The van der Waals surface area contributed by atoms with Crippen molar-refractivity contribution in [1.82, 2.24) is 4.72 Å². The summed E-state index contributed by atoms with van der Waals surface area (Å²) >= 11 is 3.29. The van der Waals surface area contributed by atoms with E-state index in [4.69, 9.17) is 4.74 Å². The Kier molecular flexibility index (Phi) is 5.61. The summed E-state index contributed by atoms with van der Waals surface area (Å²) in [5.41, 5.74) is 1.02. The molecule has 2 aromatic rings. The molecule has 0 heterocycles. The Balaban J connectivity index is 2.07. The van der Waals surface area contributed by atoms with Gasteiger partial charge in [-0.15, -0.1) is 0 Å². The van der Waals surface area contributed by atoms with Gasteiger partial charge in [0.15, 0.2) is 0 Å². The van der Waals surface area contributed by atoms with Crippen LogP contribution in [-0.4, -0.2) is 21.6 Å². The summed E-state index contributed by atoms with van der Waals surface area (Å²) in [6.45, 7) is 1.84. The molecule has 1 N–H and O–H groups in total. The number of methoxy groups -OCH3 is 1. The van der Waals surface area contributed by atoms with Crippen LogP contribution in [0.1, 0.15) is 12.5 Å². The Morgan fingerprint density at radius 1 is 1.18 bits per heavy atom. The maximum absolute atomic E-state index is 12.3. The van der Waals surface area contributed by atoms with E-state index in [1.807, 2.05) is 31.2 Å². The fourth-order valence-corrected chi connectivity index (χ4v) is 3.65. The van der Waals surface area contributed by atoms with E-state index in [1.54, 1.807) is 31.4 Å². The molecule has 0 aliphatic heterocycles. The maximum atomic E-state index is 12.3. The van der Waals surface area contributed by atoms with E-state index in [2.05, 4.69) is 20.7 Å². The molecule has 0 aliphatic rings. The van der Waals surface area contributed by atoms with Crippen LogP contribution in [-0.2, 0) is 16.4 Å². The Hall–Kier alpha value is -1.37. The highest BCUT2D eigenvalue weighted by Crippen LogP contribution is 2.17. The second kappa shape index (κ2) is 7.26. The van der Waals surface area contributed by atoms with Crippen molar-refractivity contribution < 1.29 is 13.2 Å². The second-order valence-corrected chi connectivity index (χ2v) is 7.66. The molecule has 0 saturated carbocycles. The third-order valence-corrected chi connectivity index (χ3v) is 5.29. The number of hydrogen-bond acceptors (Lipinski definition) is 3. The van der Waals surface area contributed by atoms with Crippen LogP contribution in [0.25, 0.3) is 0 Å². The fraction of sp³-hybridized carbons (Fsp3) is 0.250. The highest BCUT2D eigenvalue weighted by Gasteiger charge is 2.17. The normalized spacial score (nSPS) is 12.9. The third-order valence-electron chi connectivity index (χ3n) is 3.16. The first-order valence-corrected chi connectivity index (χ1v) is 9.09. The molecule has 118 valence electrons. The molecule has 1 atom stereocenters. The summed E-state index contributed by atoms with van der Waals surface area (Å²) < 4.78 is 33.3. The van der Waals surface area contributed by atoms with Crippen molar-refractivity contribution in [3.05, 3.63) is 58.6 Å². The minimum atomic E-state index is -3.51. The number of ether oxygens (including phenoxy) is 1. The molecule has 4 nitrogen and oxygen atoms in total. The largest absolute Gasteiger partial charge is 0.497 e. The van der Waals surface area contributed by atoms with Crippen molar-refractivity contribution in [2.45, 2.75) is 24.3 Å². The van der Waals surface area contributed by atoms with Crippen molar-refractivity contribution in [2.75, 3.05) is 7.11 Å². The van der Waals surface area contributed by atoms with Crippen molar-refractivity contribution in [3.63, 3.8) is 0 Å². The monoisotopic (exact) mass is 383 g/mol. The fourth-order valence-electron chi connectivity index (χ4n) is 2.14. The quantitative estimate of drug-likeness (QED) is 0.831. The Bertz CT molecular complexity index is 729. The number of halogens is 1. The van der Waals surface area contributed by atoms with Gasteiger partial charge >= 0.3 is 0 Å². The molecule has 0 amide bonds. The van der Waals surface area contributed by atoms with Gasteiger partial charge in [-0.3, -0.25) is 0 Å². The Morgan fingerprint density at radius 3 is 2.50 bits per heavy atom. The van der Waals surface area contributed by atoms with Gasteiger partial charge < -0.3 is 4.74 Å². The van der Waals surface area contributed by atoms with Crippen molar-refractivity contribution in [3.8, 4) is 5.75 Å². The summed E-state index contributed by atoms with van der Waals surface area (Å²) in [5.74, 6) is 0.764. The molecule has 2 rings (SSSR count). The van der Waals surface area contributed by atoms with Crippen molar-refractivity contribution >= 4 is 26.0 Å². The number of sulfonamides is 1. The van der Waals surface area contributed by atoms with Gasteiger partial charge in [-0.1, -0.05) is 28.1 Å². The van der Waals surface area contributed by atoms with Gasteiger partial charge in [0.2, 0.25) is 10.0 Å². The predicted octanol–water partition coefficient (Wildman–Crippen LogP) is 3.37. The van der Waals surface area contributed by atoms with E-state index in [0.29, 0.717) is 6.42 Å². The van der Waals surface area contributed by atoms with E-state index in [0.717, 1.165) is 15.8 Å². The van der Waals surface area contributed by atoms with Gasteiger partial charge in [0, 0.05) is 10.5 Å². The highest BCUT2D eigenvalue weighted by molar-refractivity contribution is 9.10. The van der Waals surface area contributed by atoms with E-state index < -0.39 is 10.0 Å². The van der Waals surface area contributed by atoms with Crippen LogP contribution in [0.3, 0.4) is 0 Å². The van der Waals surface area contributed by atoms with Gasteiger partial charge in [-0.05, 0) is 55.3 Å². The molecule has 0 aromatic heterocycles. The lowest BCUT2D eigenvalue weighted by Gasteiger charge is -2.15. The first-order valence-electron chi connectivity index (χ1n) is 6.81. The molecule has 0 radical (unpaired) electrons. The third kappa shape index (κ3) is 4.56. The summed E-state index contributed by atoms with van der Waals surface area (Å²) in [7, 11) is -1.90. The van der Waals surface area contributed by atoms with Crippen LogP contribution >= 0.6 is 15.9 Å². The topological polar surface area (TPSA) is 55.4 Å². The van der Waals surface area contributed by atoms with E-state index >= 15 is 0 Å². The lowest BCUT2D eigenvalue weighted by Crippen LogP contribution is -2.34.